The number of pyridine rings is 1. The summed E-state index contributed by atoms with van der Waals surface area (Å²) in [5.41, 5.74) is 6.50. The van der Waals surface area contributed by atoms with Gasteiger partial charge >= 0.3 is 0 Å². The molecule has 2 aliphatic heterocycles. The monoisotopic (exact) mass is 553 g/mol. The number of carbonyl (C=O) groups is 1. The average Bonchev–Trinajstić information content (AvgIpc) is 3.63. The number of allylic oxidation sites excluding steroid dienone is 5. The van der Waals surface area contributed by atoms with Crippen molar-refractivity contribution in [3.05, 3.63) is 64.8 Å². The summed E-state index contributed by atoms with van der Waals surface area (Å²) in [6.07, 6.45) is 7.94. The van der Waals surface area contributed by atoms with Crippen molar-refractivity contribution in [2.45, 2.75) is 58.4 Å². The third kappa shape index (κ3) is 7.51. The number of thioether (sulfide) groups is 1. The van der Waals surface area contributed by atoms with Gasteiger partial charge in [-0.3, -0.25) is 20.5 Å². The fourth-order valence-corrected chi connectivity index (χ4v) is 4.69. The molecule has 7 nitrogen and oxygen atoms in total. The maximum atomic E-state index is 13.7. The van der Waals surface area contributed by atoms with Crippen molar-refractivity contribution in [2.75, 3.05) is 7.11 Å². The fraction of sp³-hybridized carbons (Fsp3) is 0.414. The number of amides is 1. The third-order valence-electron chi connectivity index (χ3n) is 5.93. The number of nitrogens with zero attached hydrogens (tertiary/aromatic N) is 2. The Balaban J connectivity index is 1.72. The van der Waals surface area contributed by atoms with Gasteiger partial charge in [-0.25, -0.2) is 8.78 Å². The molecule has 0 saturated heterocycles. The van der Waals surface area contributed by atoms with E-state index in [9.17, 15) is 13.6 Å². The maximum Gasteiger partial charge on any atom is 0.261 e. The minimum Gasteiger partial charge on any atom is -0.495 e. The molecular weight excluding hydrogens is 520 g/mol. The molecule has 3 N–H and O–H groups in total. The first kappa shape index (κ1) is 28.4. The van der Waals surface area contributed by atoms with Crippen LogP contribution in [-0.4, -0.2) is 41.0 Å². The molecule has 2 atom stereocenters. The molecular formula is C29H33F2N5O2S. The molecule has 39 heavy (non-hydrogen) atoms. The Bertz CT molecular complexity index is 1330. The number of hydrazone groups is 1. The summed E-state index contributed by atoms with van der Waals surface area (Å²) in [6, 6.07) is 0.514. The number of carbonyl (C=O) groups excluding carboxylic acids is 1. The van der Waals surface area contributed by atoms with Crippen LogP contribution < -0.4 is 16.1 Å². The van der Waals surface area contributed by atoms with Gasteiger partial charge < -0.3 is 10.1 Å². The lowest BCUT2D eigenvalue weighted by Crippen LogP contribution is -2.34. The molecule has 3 aliphatic rings. The molecule has 1 aromatic rings. The molecule has 1 saturated carbocycles. The van der Waals surface area contributed by atoms with Crippen molar-refractivity contribution in [2.24, 2.45) is 16.9 Å². The van der Waals surface area contributed by atoms with Crippen molar-refractivity contribution in [3.8, 4) is 11.8 Å². The Kier molecular flexibility index (Phi) is 9.12. The van der Waals surface area contributed by atoms with Crippen molar-refractivity contribution in [1.29, 1.82) is 0 Å². The molecule has 1 aliphatic carbocycles. The van der Waals surface area contributed by atoms with Gasteiger partial charge in [0.15, 0.2) is 10.5 Å². The predicted octanol–water partition coefficient (Wildman–Crippen LogP) is 5.27. The fourth-order valence-electron chi connectivity index (χ4n) is 3.98. The second-order valence-electron chi connectivity index (χ2n) is 10.1. The minimum atomic E-state index is -2.65. The summed E-state index contributed by atoms with van der Waals surface area (Å²) < 4.78 is 32.9. The first-order chi connectivity index (χ1) is 18.6. The van der Waals surface area contributed by atoms with Gasteiger partial charge in [-0.05, 0) is 62.1 Å². The summed E-state index contributed by atoms with van der Waals surface area (Å²) >= 11 is 1.31. The van der Waals surface area contributed by atoms with E-state index >= 15 is 0 Å². The van der Waals surface area contributed by atoms with Crippen molar-refractivity contribution in [3.63, 3.8) is 0 Å². The topological polar surface area (TPSA) is 87.6 Å². The zero-order valence-electron chi connectivity index (χ0n) is 22.6. The Morgan fingerprint density at radius 2 is 2.05 bits per heavy atom. The van der Waals surface area contributed by atoms with E-state index in [1.165, 1.54) is 37.3 Å². The lowest BCUT2D eigenvalue weighted by Gasteiger charge is -2.24. The maximum absolute atomic E-state index is 13.7. The van der Waals surface area contributed by atoms with Crippen molar-refractivity contribution >= 4 is 34.0 Å². The molecule has 4 rings (SSSR count). The van der Waals surface area contributed by atoms with Crippen molar-refractivity contribution in [1.82, 2.24) is 21.0 Å². The Labute approximate surface area is 232 Å². The first-order valence-corrected chi connectivity index (χ1v) is 13.7. The first-order valence-electron chi connectivity index (χ1n) is 12.8. The van der Waals surface area contributed by atoms with Crippen LogP contribution in [0.2, 0.25) is 0 Å². The van der Waals surface area contributed by atoms with Gasteiger partial charge in [0.2, 0.25) is 0 Å². The zero-order valence-corrected chi connectivity index (χ0v) is 23.5. The van der Waals surface area contributed by atoms with Crippen LogP contribution >= 0.6 is 11.8 Å². The van der Waals surface area contributed by atoms with Gasteiger partial charge in [-0.2, -0.15) is 5.10 Å². The Hall–Kier alpha value is -3.58. The van der Waals surface area contributed by atoms with E-state index in [0.29, 0.717) is 33.7 Å². The number of rotatable bonds is 7. The van der Waals surface area contributed by atoms with E-state index in [2.05, 4.69) is 57.9 Å². The lowest BCUT2D eigenvalue weighted by atomic mass is 9.93. The normalized spacial score (nSPS) is 20.6. The number of hydrogen-bond donors (Lipinski definition) is 3. The molecule has 1 amide bonds. The number of dihydropyridines is 1. The summed E-state index contributed by atoms with van der Waals surface area (Å²) in [4.78, 5) is 18.1. The lowest BCUT2D eigenvalue weighted by molar-refractivity contribution is 0.0977. The molecule has 0 radical (unpaired) electrons. The van der Waals surface area contributed by atoms with Crippen molar-refractivity contribution < 1.29 is 18.3 Å². The van der Waals surface area contributed by atoms with Crippen LogP contribution in [0.4, 0.5) is 8.78 Å². The SMILES string of the molecule is COC1=CNC(C(F)F)C=C1c1cc(/C(C=C(C)C)=C/C(C)C)ncc1C(=O)NC1=NNC(C#CC2CC2)S1. The zero-order chi connectivity index (χ0) is 28.1. The number of amidine groups is 1. The predicted molar refractivity (Wildman–Crippen MR) is 152 cm³/mol. The summed E-state index contributed by atoms with van der Waals surface area (Å²) in [5, 5.41) is 9.80. The van der Waals surface area contributed by atoms with E-state index in [0.717, 1.165) is 24.0 Å². The van der Waals surface area contributed by atoms with Crippen LogP contribution in [0.1, 0.15) is 62.2 Å². The van der Waals surface area contributed by atoms with E-state index in [4.69, 9.17) is 4.74 Å². The molecule has 0 bridgehead atoms. The van der Waals surface area contributed by atoms with E-state index in [1.54, 1.807) is 6.07 Å². The van der Waals surface area contributed by atoms with Gasteiger partial charge in [-0.15, -0.1) is 0 Å². The largest absolute Gasteiger partial charge is 0.495 e. The highest BCUT2D eigenvalue weighted by molar-refractivity contribution is 8.14. The van der Waals surface area contributed by atoms with Crippen LogP contribution in [0.15, 0.2) is 53.1 Å². The highest BCUT2D eigenvalue weighted by atomic mass is 32.2. The van der Waals surface area contributed by atoms with Crippen LogP contribution in [0.5, 0.6) is 0 Å². The highest BCUT2D eigenvalue weighted by Gasteiger charge is 2.28. The number of methoxy groups -OCH3 is 1. The molecule has 206 valence electrons. The summed E-state index contributed by atoms with van der Waals surface area (Å²) in [5.74, 6) is 6.88. The summed E-state index contributed by atoms with van der Waals surface area (Å²) in [7, 11) is 1.46. The van der Waals surface area contributed by atoms with Gasteiger partial charge in [0.25, 0.3) is 12.3 Å². The molecule has 3 heterocycles. The van der Waals surface area contributed by atoms with Crippen LogP contribution in [0.25, 0.3) is 11.1 Å². The molecule has 0 aromatic carbocycles. The Morgan fingerprint density at radius 3 is 2.69 bits per heavy atom. The van der Waals surface area contributed by atoms with E-state index < -0.39 is 18.4 Å². The Morgan fingerprint density at radius 1 is 1.28 bits per heavy atom. The number of alkyl halides is 2. The number of nitrogens with one attached hydrogen (secondary N) is 3. The number of aromatic nitrogens is 1. The van der Waals surface area contributed by atoms with Crippen LogP contribution in [0, 0.1) is 23.7 Å². The second-order valence-corrected chi connectivity index (χ2v) is 11.2. The van der Waals surface area contributed by atoms with Gasteiger partial charge in [0, 0.05) is 29.5 Å². The van der Waals surface area contributed by atoms with Gasteiger partial charge in [-0.1, -0.05) is 43.4 Å². The van der Waals surface area contributed by atoms with E-state index in [1.807, 2.05) is 19.9 Å². The quantitative estimate of drug-likeness (QED) is 0.315. The van der Waals surface area contributed by atoms with Gasteiger partial charge in [0.1, 0.15) is 11.8 Å². The van der Waals surface area contributed by atoms with Crippen LogP contribution in [-0.2, 0) is 4.74 Å². The molecule has 0 spiro atoms. The second kappa shape index (κ2) is 12.5. The third-order valence-corrected chi connectivity index (χ3v) is 6.81. The standard InChI is InChI=1S/C29H33F2N5O2S/c1-16(2)10-19(11-17(3)4)23-12-20(21-13-24(27(30)31)33-15-25(21)38-5)22(14-32-23)28(37)34-29-36-35-26(39-29)9-8-18-6-7-18/h10-16,18,24,26-27,33,35H,6-7H2,1-5H3,(H,34,36,37)/b19-10+. The number of ether oxygens (including phenoxy) is 1. The van der Waals surface area contributed by atoms with E-state index in [-0.39, 0.29) is 16.9 Å². The van der Waals surface area contributed by atoms with Crippen LogP contribution in [0.3, 0.4) is 0 Å². The smallest absolute Gasteiger partial charge is 0.261 e. The average molecular weight is 554 g/mol. The van der Waals surface area contributed by atoms with Gasteiger partial charge in [0.05, 0.1) is 18.4 Å². The number of halogens is 2. The molecule has 1 aromatic heterocycles. The summed E-state index contributed by atoms with van der Waals surface area (Å²) in [6.45, 7) is 8.10. The molecule has 2 unspecified atom stereocenters. The molecule has 10 heteroatoms. The number of hydrogen-bond acceptors (Lipinski definition) is 7. The highest BCUT2D eigenvalue weighted by Crippen LogP contribution is 2.33. The minimum absolute atomic E-state index is 0.208. The molecule has 1 fully saturated rings.